The summed E-state index contributed by atoms with van der Waals surface area (Å²) in [5, 5.41) is 3.04. The minimum atomic E-state index is 0.0329. The molecule has 5 nitrogen and oxygen atoms in total. The molecular weight excluding hydrogens is 340 g/mol. The largest absolute Gasteiger partial charge is 0.490 e. The average Bonchev–Trinajstić information content (AvgIpc) is 2.99. The number of amides is 1. The van der Waals surface area contributed by atoms with Crippen molar-refractivity contribution in [3.05, 3.63) is 53.6 Å². The van der Waals surface area contributed by atoms with E-state index >= 15 is 0 Å². The third-order valence-corrected chi connectivity index (χ3v) is 5.29. The van der Waals surface area contributed by atoms with Crippen molar-refractivity contribution >= 4 is 11.6 Å². The number of anilines is 1. The van der Waals surface area contributed by atoms with Gasteiger partial charge in [0.2, 0.25) is 5.91 Å². The van der Waals surface area contributed by atoms with Crippen molar-refractivity contribution in [1.29, 1.82) is 0 Å². The molecule has 27 heavy (non-hydrogen) atoms. The number of hydrogen-bond donors (Lipinski definition) is 1. The molecule has 142 valence electrons. The number of nitrogens with zero attached hydrogens (tertiary/aromatic N) is 1. The number of benzene rings is 2. The number of ether oxygens (including phenoxy) is 2. The molecule has 1 amide bonds. The van der Waals surface area contributed by atoms with Gasteiger partial charge in [-0.15, -0.1) is 0 Å². The Bertz CT molecular complexity index is 821. The molecule has 5 heteroatoms. The highest BCUT2D eigenvalue weighted by Gasteiger charge is 2.28. The quantitative estimate of drug-likeness (QED) is 0.891. The Kier molecular flexibility index (Phi) is 5.30. The van der Waals surface area contributed by atoms with Crippen LogP contribution in [0, 0.1) is 6.92 Å². The van der Waals surface area contributed by atoms with Gasteiger partial charge in [-0.3, -0.25) is 9.69 Å². The number of nitrogens with one attached hydrogen (secondary N) is 1. The number of hydrogen-bond acceptors (Lipinski definition) is 4. The van der Waals surface area contributed by atoms with Crippen molar-refractivity contribution < 1.29 is 14.3 Å². The molecule has 0 spiro atoms. The van der Waals surface area contributed by atoms with E-state index < -0.39 is 0 Å². The second-order valence-electron chi connectivity index (χ2n) is 7.25. The number of fused-ring (bicyclic) bond motifs is 1. The Morgan fingerprint density at radius 1 is 1.11 bits per heavy atom. The molecule has 0 unspecified atom stereocenters. The van der Waals surface area contributed by atoms with Crippen LogP contribution in [0.1, 0.15) is 36.4 Å². The second kappa shape index (κ2) is 8.01. The lowest BCUT2D eigenvalue weighted by molar-refractivity contribution is -0.117. The van der Waals surface area contributed by atoms with Gasteiger partial charge in [-0.1, -0.05) is 24.3 Å². The van der Waals surface area contributed by atoms with Gasteiger partial charge in [-0.2, -0.15) is 0 Å². The predicted octanol–water partition coefficient (Wildman–Crippen LogP) is 3.93. The third kappa shape index (κ3) is 4.08. The van der Waals surface area contributed by atoms with Crippen molar-refractivity contribution in [2.45, 2.75) is 32.2 Å². The van der Waals surface area contributed by atoms with E-state index in [-0.39, 0.29) is 11.9 Å². The molecule has 1 atom stereocenters. The topological polar surface area (TPSA) is 50.8 Å². The SMILES string of the molecule is Cc1ccccc1NC(=O)CN1CCC[C@@H]1c1ccc2c(c1)OCCCO2. The monoisotopic (exact) mass is 366 g/mol. The molecule has 0 saturated carbocycles. The third-order valence-electron chi connectivity index (χ3n) is 5.29. The van der Waals surface area contributed by atoms with Crippen LogP contribution < -0.4 is 14.8 Å². The standard InChI is InChI=1S/C22H26N2O3/c1-16-6-2-3-7-18(16)23-22(25)15-24-11-4-8-19(24)17-9-10-20-21(14-17)27-13-5-12-26-20/h2-3,6-7,9-10,14,19H,4-5,8,11-13,15H2,1H3,(H,23,25)/t19-/m1/s1. The van der Waals surface area contributed by atoms with Crippen molar-refractivity contribution in [3.8, 4) is 11.5 Å². The first-order valence-electron chi connectivity index (χ1n) is 9.70. The van der Waals surface area contributed by atoms with Crippen LogP contribution in [0.15, 0.2) is 42.5 Å². The number of carbonyl (C=O) groups is 1. The second-order valence-corrected chi connectivity index (χ2v) is 7.25. The zero-order valence-corrected chi connectivity index (χ0v) is 15.7. The van der Waals surface area contributed by atoms with E-state index in [1.165, 1.54) is 5.56 Å². The number of rotatable bonds is 4. The molecule has 1 saturated heterocycles. The van der Waals surface area contributed by atoms with Crippen molar-refractivity contribution in [2.24, 2.45) is 0 Å². The molecule has 2 heterocycles. The normalized spacial score (nSPS) is 19.5. The minimum Gasteiger partial charge on any atom is -0.490 e. The van der Waals surface area contributed by atoms with Crippen molar-refractivity contribution in [3.63, 3.8) is 0 Å². The highest BCUT2D eigenvalue weighted by molar-refractivity contribution is 5.93. The molecule has 0 bridgehead atoms. The molecule has 0 radical (unpaired) electrons. The molecule has 2 aromatic rings. The van der Waals surface area contributed by atoms with Crippen LogP contribution in [0.3, 0.4) is 0 Å². The summed E-state index contributed by atoms with van der Waals surface area (Å²) >= 11 is 0. The lowest BCUT2D eigenvalue weighted by atomic mass is 10.0. The number of carbonyl (C=O) groups excluding carboxylic acids is 1. The number of aryl methyl sites for hydroxylation is 1. The maximum atomic E-state index is 12.6. The highest BCUT2D eigenvalue weighted by atomic mass is 16.5. The van der Waals surface area contributed by atoms with Gasteiger partial charge in [0, 0.05) is 18.2 Å². The lowest BCUT2D eigenvalue weighted by Gasteiger charge is -2.25. The Balaban J connectivity index is 1.45. The Labute approximate surface area is 160 Å². The van der Waals surface area contributed by atoms with Crippen molar-refractivity contribution in [1.82, 2.24) is 4.90 Å². The molecule has 2 aliphatic rings. The molecular formula is C22H26N2O3. The molecule has 1 N–H and O–H groups in total. The fourth-order valence-electron chi connectivity index (χ4n) is 3.87. The lowest BCUT2D eigenvalue weighted by Crippen LogP contribution is -2.33. The first kappa shape index (κ1) is 17.9. The highest BCUT2D eigenvalue weighted by Crippen LogP contribution is 2.37. The smallest absolute Gasteiger partial charge is 0.238 e. The van der Waals surface area contributed by atoms with Crippen LogP contribution >= 0.6 is 0 Å². The van der Waals surface area contributed by atoms with Crippen LogP contribution in [0.25, 0.3) is 0 Å². The summed E-state index contributed by atoms with van der Waals surface area (Å²) in [6, 6.07) is 14.3. The van der Waals surface area contributed by atoms with Gasteiger partial charge in [-0.25, -0.2) is 0 Å². The van der Waals surface area contributed by atoms with Gasteiger partial charge in [0.25, 0.3) is 0 Å². The van der Waals surface area contributed by atoms with E-state index in [4.69, 9.17) is 9.47 Å². The van der Waals surface area contributed by atoms with Gasteiger partial charge in [0.1, 0.15) is 0 Å². The summed E-state index contributed by atoms with van der Waals surface area (Å²) in [6.07, 6.45) is 3.05. The van der Waals surface area contributed by atoms with Crippen LogP contribution in [0.4, 0.5) is 5.69 Å². The average molecular weight is 366 g/mol. The summed E-state index contributed by atoms with van der Waals surface area (Å²) in [4.78, 5) is 14.8. The Morgan fingerprint density at radius 2 is 1.93 bits per heavy atom. The fraction of sp³-hybridized carbons (Fsp3) is 0.409. The summed E-state index contributed by atoms with van der Waals surface area (Å²) < 4.78 is 11.6. The molecule has 2 aliphatic heterocycles. The number of para-hydroxylation sites is 1. The zero-order valence-electron chi connectivity index (χ0n) is 15.7. The first-order valence-corrected chi connectivity index (χ1v) is 9.70. The van der Waals surface area contributed by atoms with Crippen LogP contribution in [-0.2, 0) is 4.79 Å². The van der Waals surface area contributed by atoms with E-state index in [2.05, 4.69) is 22.3 Å². The van der Waals surface area contributed by atoms with Gasteiger partial charge < -0.3 is 14.8 Å². The zero-order chi connectivity index (χ0) is 18.6. The predicted molar refractivity (Wildman–Crippen MR) is 105 cm³/mol. The van der Waals surface area contributed by atoms with Gasteiger partial charge in [0.15, 0.2) is 11.5 Å². The van der Waals surface area contributed by atoms with Crippen LogP contribution in [-0.4, -0.2) is 37.1 Å². The summed E-state index contributed by atoms with van der Waals surface area (Å²) in [5.41, 5.74) is 3.15. The Morgan fingerprint density at radius 3 is 2.78 bits per heavy atom. The molecule has 0 aliphatic carbocycles. The maximum Gasteiger partial charge on any atom is 0.238 e. The van der Waals surface area contributed by atoms with Gasteiger partial charge in [0.05, 0.1) is 19.8 Å². The maximum absolute atomic E-state index is 12.6. The summed E-state index contributed by atoms with van der Waals surface area (Å²) in [5.74, 6) is 1.67. The van der Waals surface area contributed by atoms with E-state index in [0.717, 1.165) is 48.6 Å². The summed E-state index contributed by atoms with van der Waals surface area (Å²) in [6.45, 7) is 4.71. The minimum absolute atomic E-state index is 0.0329. The molecule has 0 aromatic heterocycles. The van der Waals surface area contributed by atoms with E-state index in [1.54, 1.807) is 0 Å². The van der Waals surface area contributed by atoms with Gasteiger partial charge >= 0.3 is 0 Å². The molecule has 1 fully saturated rings. The molecule has 4 rings (SSSR count). The Hall–Kier alpha value is -2.53. The number of likely N-dealkylation sites (tertiary alicyclic amines) is 1. The first-order chi connectivity index (χ1) is 13.2. The fourth-order valence-corrected chi connectivity index (χ4v) is 3.87. The van der Waals surface area contributed by atoms with Gasteiger partial charge in [-0.05, 0) is 55.6 Å². The molecule has 2 aromatic carbocycles. The van der Waals surface area contributed by atoms with E-state index in [1.807, 2.05) is 37.3 Å². The van der Waals surface area contributed by atoms with E-state index in [0.29, 0.717) is 19.8 Å². The van der Waals surface area contributed by atoms with E-state index in [9.17, 15) is 4.79 Å². The van der Waals surface area contributed by atoms with Crippen molar-refractivity contribution in [2.75, 3.05) is 31.6 Å². The van der Waals surface area contributed by atoms with Crippen LogP contribution in [0.5, 0.6) is 11.5 Å². The summed E-state index contributed by atoms with van der Waals surface area (Å²) in [7, 11) is 0. The van der Waals surface area contributed by atoms with Crippen LogP contribution in [0.2, 0.25) is 0 Å².